The summed E-state index contributed by atoms with van der Waals surface area (Å²) in [6.07, 6.45) is -5.07. The number of fused-ring (bicyclic) bond motifs is 4. The monoisotopic (exact) mass is 785 g/mol. The number of phenols is 1. The zero-order valence-corrected chi connectivity index (χ0v) is 28.8. The summed E-state index contributed by atoms with van der Waals surface area (Å²) in [7, 11) is 2.06. The smallest absolute Gasteiger partial charge is 0.490 e. The molecule has 4 aromatic rings. The van der Waals surface area contributed by atoms with Gasteiger partial charge in [0, 0.05) is 36.9 Å². The first-order valence-electron chi connectivity index (χ1n) is 16.5. The quantitative estimate of drug-likeness (QED) is 0.174. The number of nitrogens with two attached hydrogens (primary N) is 1. The third-order valence-electron chi connectivity index (χ3n) is 9.38. The summed E-state index contributed by atoms with van der Waals surface area (Å²) in [5.41, 5.74) is 5.57. The maximum Gasteiger partial charge on any atom is 0.490 e. The Kier molecular flexibility index (Phi) is 11.6. The molecule has 3 fully saturated rings. The number of carbonyl (C=O) groups is 3. The molecule has 2 unspecified atom stereocenters. The molecule has 3 aliphatic rings. The number of phenolic OH excluding ortho intramolecular Hbond substituents is 1. The molecule has 5 heterocycles. The van der Waals surface area contributed by atoms with Crippen molar-refractivity contribution in [3.63, 3.8) is 0 Å². The van der Waals surface area contributed by atoms with Crippen LogP contribution in [0.3, 0.4) is 0 Å². The largest absolute Gasteiger partial charge is 0.508 e. The molecule has 3 aliphatic heterocycles. The van der Waals surface area contributed by atoms with Crippen molar-refractivity contribution in [3.8, 4) is 23.0 Å². The van der Waals surface area contributed by atoms with E-state index in [1.54, 1.807) is 12.3 Å². The summed E-state index contributed by atoms with van der Waals surface area (Å²) in [5, 5.41) is 30.0. The molecule has 1 amide bonds. The first kappa shape index (κ1) is 40.6. The number of aromatic hydroxyl groups is 1. The number of hydrogen-bond donors (Lipinski definition) is 5. The third kappa shape index (κ3) is 9.05. The molecule has 3 atom stereocenters. The van der Waals surface area contributed by atoms with Gasteiger partial charge in [0.05, 0.1) is 5.39 Å². The van der Waals surface area contributed by atoms with E-state index in [4.69, 9.17) is 35.3 Å². The number of amides is 1. The number of primary amides is 1. The van der Waals surface area contributed by atoms with Gasteiger partial charge < -0.3 is 35.6 Å². The molecule has 2 aromatic carbocycles. The first-order valence-corrected chi connectivity index (χ1v) is 16.5. The van der Waals surface area contributed by atoms with E-state index in [0.29, 0.717) is 42.9 Å². The van der Waals surface area contributed by atoms with Gasteiger partial charge in [0.25, 0.3) is 0 Å². The molecule has 2 aromatic heterocycles. The number of nitrogens with zero attached hydrogens (tertiary/aromatic N) is 5. The molecule has 14 nitrogen and oxygen atoms in total. The Hall–Kier alpha value is -5.57. The second-order valence-corrected chi connectivity index (χ2v) is 13.1. The lowest BCUT2D eigenvalue weighted by Crippen LogP contribution is -2.65. The van der Waals surface area contributed by atoms with Gasteiger partial charge in [-0.15, -0.1) is 0 Å². The zero-order valence-electron chi connectivity index (χ0n) is 28.8. The predicted molar refractivity (Wildman–Crippen MR) is 181 cm³/mol. The lowest BCUT2D eigenvalue weighted by atomic mass is 9.96. The number of rotatable bonds is 6. The maximum absolute atomic E-state index is 16.5. The van der Waals surface area contributed by atoms with E-state index in [0.717, 1.165) is 36.6 Å². The lowest BCUT2D eigenvalue weighted by Gasteiger charge is -2.40. The van der Waals surface area contributed by atoms with Gasteiger partial charge in [0.1, 0.15) is 34.9 Å². The van der Waals surface area contributed by atoms with Crippen LogP contribution in [0.25, 0.3) is 32.9 Å². The van der Waals surface area contributed by atoms with Crippen molar-refractivity contribution in [3.05, 3.63) is 48.4 Å². The van der Waals surface area contributed by atoms with Crippen LogP contribution in [-0.4, -0.2) is 116 Å². The molecule has 0 saturated carbocycles. The van der Waals surface area contributed by atoms with E-state index in [9.17, 15) is 36.2 Å². The molecule has 296 valence electrons. The van der Waals surface area contributed by atoms with Crippen LogP contribution in [-0.2, 0) is 14.4 Å². The van der Waals surface area contributed by atoms with E-state index in [-0.39, 0.29) is 35.1 Å². The van der Waals surface area contributed by atoms with E-state index < -0.39 is 41.6 Å². The number of anilines is 1. The van der Waals surface area contributed by atoms with Crippen LogP contribution in [0.1, 0.15) is 25.7 Å². The average Bonchev–Trinajstić information content (AvgIpc) is 3.67. The Morgan fingerprint density at radius 1 is 1.02 bits per heavy atom. The molecule has 21 heteroatoms. The number of likely N-dealkylation sites (N-methyl/N-ethyl adjacent to an activating group) is 1. The highest BCUT2D eigenvalue weighted by atomic mass is 19.4. The number of carbonyl (C=O) groups excluding carboxylic acids is 1. The number of halogens is 7. The number of ether oxygens (including phenoxy) is 1. The normalized spacial score (nSPS) is 21.1. The molecule has 0 aliphatic carbocycles. The Bertz CT molecular complexity index is 2080. The lowest BCUT2D eigenvalue weighted by molar-refractivity contribution is -0.193. The van der Waals surface area contributed by atoms with Crippen molar-refractivity contribution in [2.45, 2.75) is 55.7 Å². The van der Waals surface area contributed by atoms with Crippen LogP contribution in [0.15, 0.2) is 42.6 Å². The number of piperazine rings is 1. The van der Waals surface area contributed by atoms with Gasteiger partial charge >= 0.3 is 30.3 Å². The van der Waals surface area contributed by atoms with Crippen molar-refractivity contribution in [1.82, 2.24) is 25.2 Å². The Morgan fingerprint density at radius 3 is 2.27 bits per heavy atom. The number of carboxylic acid groups (broad SMARTS) is 2. The van der Waals surface area contributed by atoms with Crippen molar-refractivity contribution < 1.29 is 65.2 Å². The minimum Gasteiger partial charge on any atom is -0.508 e. The SMILES string of the molecule is CN1CCC[C@H]1COc1nc(N2CC3CCC(C(N)=O)(C2)N3)c2cnc(-c3cc(O)cc4ccccc34)c(F)c2n1.O=C(O)C(F)(F)F.O=C(O)C(F)(F)F. The summed E-state index contributed by atoms with van der Waals surface area (Å²) < 4.78 is 86.1. The molecule has 7 rings (SSSR count). The minimum atomic E-state index is -5.08. The van der Waals surface area contributed by atoms with Gasteiger partial charge in [-0.05, 0) is 62.2 Å². The number of carboxylic acids is 2. The number of hydrogen-bond acceptors (Lipinski definition) is 11. The van der Waals surface area contributed by atoms with Crippen LogP contribution in [0.5, 0.6) is 11.8 Å². The minimum absolute atomic E-state index is 0.0149. The second kappa shape index (κ2) is 15.7. The van der Waals surface area contributed by atoms with Crippen molar-refractivity contribution in [2.75, 3.05) is 38.2 Å². The Balaban J connectivity index is 0.000000355. The molecule has 2 bridgehead atoms. The number of aromatic nitrogens is 3. The second-order valence-electron chi connectivity index (χ2n) is 13.1. The topological polar surface area (TPSA) is 204 Å². The fraction of sp³-hybridized carbons (Fsp3) is 0.412. The molecular weight excluding hydrogens is 751 g/mol. The fourth-order valence-corrected chi connectivity index (χ4v) is 6.67. The van der Waals surface area contributed by atoms with E-state index in [2.05, 4.69) is 27.2 Å². The van der Waals surface area contributed by atoms with Crippen LogP contribution in [0.4, 0.5) is 36.6 Å². The number of aliphatic carboxylic acids is 2. The molecule has 55 heavy (non-hydrogen) atoms. The van der Waals surface area contributed by atoms with Gasteiger partial charge in [-0.2, -0.15) is 36.3 Å². The number of likely N-dealkylation sites (tertiary alicyclic amines) is 1. The van der Waals surface area contributed by atoms with Gasteiger partial charge in [-0.25, -0.2) is 14.0 Å². The van der Waals surface area contributed by atoms with Gasteiger partial charge in [0.15, 0.2) is 5.82 Å². The van der Waals surface area contributed by atoms with Crippen LogP contribution >= 0.6 is 0 Å². The highest BCUT2D eigenvalue weighted by molar-refractivity contribution is 6.00. The summed E-state index contributed by atoms with van der Waals surface area (Å²) in [5.74, 6) is -6.08. The van der Waals surface area contributed by atoms with Gasteiger partial charge in [-0.1, -0.05) is 24.3 Å². The number of benzene rings is 2. The summed E-state index contributed by atoms with van der Waals surface area (Å²) >= 11 is 0. The number of nitrogens with one attached hydrogen (secondary N) is 1. The van der Waals surface area contributed by atoms with Crippen LogP contribution < -0.4 is 20.7 Å². The molecule has 0 radical (unpaired) electrons. The molecule has 3 saturated heterocycles. The Labute approximate surface area is 306 Å². The van der Waals surface area contributed by atoms with E-state index >= 15 is 4.39 Å². The van der Waals surface area contributed by atoms with Gasteiger partial charge in [-0.3, -0.25) is 15.1 Å². The Morgan fingerprint density at radius 2 is 1.67 bits per heavy atom. The molecular formula is C34H34F7N7O7. The first-order chi connectivity index (χ1) is 25.7. The summed E-state index contributed by atoms with van der Waals surface area (Å²) in [6, 6.07) is 10.9. The molecule has 6 N–H and O–H groups in total. The average molecular weight is 786 g/mol. The van der Waals surface area contributed by atoms with Crippen molar-refractivity contribution in [2.24, 2.45) is 5.73 Å². The van der Waals surface area contributed by atoms with Crippen LogP contribution in [0.2, 0.25) is 0 Å². The van der Waals surface area contributed by atoms with Crippen molar-refractivity contribution in [1.29, 1.82) is 0 Å². The molecule has 0 spiro atoms. The van der Waals surface area contributed by atoms with Crippen molar-refractivity contribution >= 4 is 45.3 Å². The summed E-state index contributed by atoms with van der Waals surface area (Å²) in [4.78, 5) is 48.3. The highest BCUT2D eigenvalue weighted by Gasteiger charge is 2.49. The standard InChI is InChI=1S/C30H32FN7O3.2C2HF3O2/c1-37-10-4-6-19(37)15-41-29-34-26-23(27(35-29)38-14-18-8-9-30(16-38,36-18)28(32)40)13-33-25(24(26)31)22-12-20(39)11-17-5-2-3-7-21(17)22;2*3-2(4,5)1(6)7/h2-3,5,7,11-13,18-19,36,39H,4,6,8-10,14-16H2,1H3,(H2,32,40);2*(H,6,7)/t18?,19-,30?;;/m0../s1. The number of alkyl halides is 6. The van der Waals surface area contributed by atoms with Crippen LogP contribution in [0, 0.1) is 5.82 Å². The van der Waals surface area contributed by atoms with Gasteiger partial charge in [0.2, 0.25) is 5.91 Å². The number of pyridine rings is 1. The maximum atomic E-state index is 16.5. The van der Waals surface area contributed by atoms with E-state index in [1.807, 2.05) is 29.2 Å². The summed E-state index contributed by atoms with van der Waals surface area (Å²) in [6.45, 7) is 2.26. The third-order valence-corrected chi connectivity index (χ3v) is 9.38. The predicted octanol–water partition coefficient (Wildman–Crippen LogP) is 4.23. The van der Waals surface area contributed by atoms with E-state index in [1.165, 1.54) is 6.07 Å². The zero-order chi connectivity index (χ0) is 40.5. The fourth-order valence-electron chi connectivity index (χ4n) is 6.67. The highest BCUT2D eigenvalue weighted by Crippen LogP contribution is 2.39.